The van der Waals surface area contributed by atoms with Crippen LogP contribution in [-0.2, 0) is 28.0 Å². The van der Waals surface area contributed by atoms with E-state index < -0.39 is 0 Å². The van der Waals surface area contributed by atoms with Crippen molar-refractivity contribution in [1.29, 1.82) is 0 Å². The summed E-state index contributed by atoms with van der Waals surface area (Å²) in [4.78, 5) is 53.6. The zero-order chi connectivity index (χ0) is 24.4. The van der Waals surface area contributed by atoms with E-state index in [1.54, 1.807) is 37.6 Å². The van der Waals surface area contributed by atoms with Crippen molar-refractivity contribution >= 4 is 34.3 Å². The van der Waals surface area contributed by atoms with Gasteiger partial charge in [0.05, 0.1) is 11.9 Å². The monoisotopic (exact) mass is 464 g/mol. The van der Waals surface area contributed by atoms with Gasteiger partial charge in [0.1, 0.15) is 17.2 Å². The molecule has 1 fully saturated rings. The van der Waals surface area contributed by atoms with Gasteiger partial charge in [0, 0.05) is 45.3 Å². The van der Waals surface area contributed by atoms with Crippen molar-refractivity contribution in [1.82, 2.24) is 14.5 Å². The number of hydrogen-bond donors (Lipinski definition) is 1. The fraction of sp³-hybridized carbons (Fsp3) is 0.400. The number of pyridine rings is 2. The number of fused-ring (bicyclic) bond motifs is 1. The van der Waals surface area contributed by atoms with Crippen LogP contribution in [0.25, 0.3) is 22.1 Å². The molecule has 0 unspecified atom stereocenters. The Kier molecular flexibility index (Phi) is 6.74. The second-order valence-corrected chi connectivity index (χ2v) is 8.93. The number of carbonyl (C=O) groups is 3. The lowest BCUT2D eigenvalue weighted by molar-refractivity contribution is -0.136. The van der Waals surface area contributed by atoms with Crippen LogP contribution in [0, 0.1) is 5.92 Å². The Labute approximate surface area is 196 Å². The Bertz CT molecular complexity index is 1310. The molecule has 178 valence electrons. The van der Waals surface area contributed by atoms with E-state index in [1.165, 1.54) is 18.4 Å². The number of nitrogens with one attached hydrogen (secondary N) is 1. The van der Waals surface area contributed by atoms with Gasteiger partial charge in [0.25, 0.3) is 5.56 Å². The van der Waals surface area contributed by atoms with E-state index in [9.17, 15) is 19.2 Å². The van der Waals surface area contributed by atoms with Gasteiger partial charge in [0.15, 0.2) is 11.6 Å². The third kappa shape index (κ3) is 5.14. The minimum Gasteiger partial charge on any atom is -0.459 e. The minimum absolute atomic E-state index is 0.147. The number of nitrogens with zero attached hydrogens (tertiary/aromatic N) is 3. The van der Waals surface area contributed by atoms with Crippen LogP contribution in [0.2, 0.25) is 0 Å². The predicted octanol–water partition coefficient (Wildman–Crippen LogP) is 2.91. The van der Waals surface area contributed by atoms with Gasteiger partial charge >= 0.3 is 0 Å². The molecule has 0 atom stereocenters. The molecule has 0 aromatic carbocycles. The number of carbonyl (C=O) groups excluding carboxylic acids is 3. The molecule has 9 heteroatoms. The summed E-state index contributed by atoms with van der Waals surface area (Å²) >= 11 is 0. The van der Waals surface area contributed by atoms with Crippen molar-refractivity contribution in [3.63, 3.8) is 0 Å². The molecule has 0 bridgehead atoms. The highest BCUT2D eigenvalue weighted by molar-refractivity contribution is 6.36. The number of aryl methyl sites for hydroxylation is 1. The number of hydrogen-bond acceptors (Lipinski definition) is 7. The molecule has 1 saturated heterocycles. The topological polar surface area (TPSA) is 115 Å². The summed E-state index contributed by atoms with van der Waals surface area (Å²) in [5, 5.41) is 3.17. The molecule has 1 N–H and O–H groups in total. The molecule has 1 aliphatic rings. The lowest BCUT2D eigenvalue weighted by atomic mass is 9.91. The Balaban J connectivity index is 1.56. The van der Waals surface area contributed by atoms with Crippen LogP contribution < -0.4 is 10.9 Å². The first-order valence-corrected chi connectivity index (χ1v) is 11.3. The van der Waals surface area contributed by atoms with E-state index in [4.69, 9.17) is 4.42 Å². The number of piperidine rings is 1. The van der Waals surface area contributed by atoms with Gasteiger partial charge in [-0.05, 0) is 55.6 Å². The summed E-state index contributed by atoms with van der Waals surface area (Å²) in [6.07, 6.45) is 5.33. The quantitative estimate of drug-likeness (QED) is 0.535. The summed E-state index contributed by atoms with van der Waals surface area (Å²) in [5.41, 5.74) is 1.86. The molecule has 34 heavy (non-hydrogen) atoms. The van der Waals surface area contributed by atoms with E-state index in [1.807, 2.05) is 0 Å². The van der Waals surface area contributed by atoms with Gasteiger partial charge < -0.3 is 14.3 Å². The molecule has 0 saturated carbocycles. The largest absolute Gasteiger partial charge is 0.459 e. The molecule has 4 heterocycles. The van der Waals surface area contributed by atoms with Crippen molar-refractivity contribution in [3.05, 3.63) is 46.7 Å². The van der Waals surface area contributed by atoms with Gasteiger partial charge in [-0.15, -0.1) is 0 Å². The second-order valence-electron chi connectivity index (χ2n) is 8.93. The molecule has 0 aliphatic carbocycles. The third-order valence-electron chi connectivity index (χ3n) is 6.23. The highest BCUT2D eigenvalue weighted by Gasteiger charge is 2.24. The van der Waals surface area contributed by atoms with Crippen LogP contribution in [0.1, 0.15) is 38.9 Å². The summed E-state index contributed by atoms with van der Waals surface area (Å²) < 4.78 is 7.70. The number of aromatic nitrogens is 2. The molecule has 3 aromatic rings. The molecule has 9 nitrogen and oxygen atoms in total. The van der Waals surface area contributed by atoms with Crippen LogP contribution in [0.4, 0.5) is 5.82 Å². The number of furan rings is 1. The molecular formula is C25H28N4O5. The fourth-order valence-electron chi connectivity index (χ4n) is 4.41. The minimum atomic E-state index is -0.375. The number of amides is 1. The molecule has 1 aliphatic heterocycles. The van der Waals surface area contributed by atoms with Crippen LogP contribution in [0.15, 0.2) is 39.8 Å². The predicted molar refractivity (Wildman–Crippen MR) is 127 cm³/mol. The number of ketones is 2. The Hall–Kier alpha value is -3.59. The number of Topliss-reactive ketones (excluding diaryl/α,β-unsaturated/α-hetero) is 2. The summed E-state index contributed by atoms with van der Waals surface area (Å²) in [6.45, 7) is 4.88. The van der Waals surface area contributed by atoms with Gasteiger partial charge in [-0.2, -0.15) is 0 Å². The van der Waals surface area contributed by atoms with Gasteiger partial charge in [-0.3, -0.25) is 24.1 Å². The van der Waals surface area contributed by atoms with E-state index in [2.05, 4.69) is 15.2 Å². The Morgan fingerprint density at radius 1 is 1.18 bits per heavy atom. The highest BCUT2D eigenvalue weighted by atomic mass is 16.3. The van der Waals surface area contributed by atoms with E-state index in [0.717, 1.165) is 37.1 Å². The van der Waals surface area contributed by atoms with Crippen molar-refractivity contribution in [2.24, 2.45) is 13.0 Å². The number of anilines is 1. The van der Waals surface area contributed by atoms with E-state index in [0.29, 0.717) is 35.5 Å². The average molecular weight is 465 g/mol. The molecule has 3 aromatic heterocycles. The van der Waals surface area contributed by atoms with Crippen LogP contribution in [-0.4, -0.2) is 45.0 Å². The summed E-state index contributed by atoms with van der Waals surface area (Å²) in [6, 6.07) is 5.35. The second kappa shape index (κ2) is 9.72. The maximum Gasteiger partial charge on any atom is 0.261 e. The molecule has 0 radical (unpaired) electrons. The molecule has 4 rings (SSSR count). The highest BCUT2D eigenvalue weighted by Crippen LogP contribution is 2.31. The number of rotatable bonds is 7. The first-order valence-electron chi connectivity index (χ1n) is 11.3. The SMILES string of the molecule is CC(=O)Nc1cc(-c2cn(C)c(=O)c3cc(CN4CCC(CC(=O)C(C)=O)CC4)oc23)ccn1. The van der Waals surface area contributed by atoms with Crippen molar-refractivity contribution < 1.29 is 18.8 Å². The van der Waals surface area contributed by atoms with E-state index in [-0.39, 0.29) is 29.0 Å². The lowest BCUT2D eigenvalue weighted by Gasteiger charge is -2.30. The van der Waals surface area contributed by atoms with Crippen LogP contribution in [0.3, 0.4) is 0 Å². The fourth-order valence-corrected chi connectivity index (χ4v) is 4.41. The van der Waals surface area contributed by atoms with Crippen molar-refractivity contribution in [2.45, 2.75) is 39.7 Å². The van der Waals surface area contributed by atoms with Crippen LogP contribution in [0.5, 0.6) is 0 Å². The first kappa shape index (κ1) is 23.6. The average Bonchev–Trinajstić information content (AvgIpc) is 3.21. The summed E-state index contributed by atoms with van der Waals surface area (Å²) in [7, 11) is 1.70. The maximum absolute atomic E-state index is 12.8. The normalized spacial score (nSPS) is 14.9. The smallest absolute Gasteiger partial charge is 0.261 e. The van der Waals surface area contributed by atoms with Crippen molar-refractivity contribution in [3.8, 4) is 11.1 Å². The van der Waals surface area contributed by atoms with Crippen molar-refractivity contribution in [2.75, 3.05) is 18.4 Å². The first-order chi connectivity index (χ1) is 16.2. The zero-order valence-electron chi connectivity index (χ0n) is 19.6. The third-order valence-corrected chi connectivity index (χ3v) is 6.23. The standard InChI is InChI=1S/C25H28N4O5/c1-15(30)22(32)10-17-5-8-29(9-6-17)13-19-12-20-24(34-19)21(14-28(3)25(20)33)18-4-7-26-23(11-18)27-16(2)31/h4,7,11-12,14,17H,5-6,8-10,13H2,1-3H3,(H,26,27,31). The summed E-state index contributed by atoms with van der Waals surface area (Å²) in [5.74, 6) is 0.452. The van der Waals surface area contributed by atoms with Gasteiger partial charge in [-0.25, -0.2) is 4.98 Å². The molecular weight excluding hydrogens is 436 g/mol. The van der Waals surface area contributed by atoms with E-state index >= 15 is 0 Å². The number of likely N-dealkylation sites (tertiary alicyclic amines) is 1. The maximum atomic E-state index is 12.8. The molecule has 0 spiro atoms. The zero-order valence-corrected chi connectivity index (χ0v) is 19.6. The Morgan fingerprint density at radius 2 is 1.91 bits per heavy atom. The van der Waals surface area contributed by atoms with Crippen LogP contribution >= 0.6 is 0 Å². The Morgan fingerprint density at radius 3 is 2.59 bits per heavy atom. The van der Waals surface area contributed by atoms with Gasteiger partial charge in [-0.1, -0.05) is 0 Å². The molecule has 1 amide bonds. The lowest BCUT2D eigenvalue weighted by Crippen LogP contribution is -2.34. The van der Waals surface area contributed by atoms with Gasteiger partial charge in [0.2, 0.25) is 5.91 Å².